The van der Waals surface area contributed by atoms with Crippen molar-refractivity contribution < 1.29 is 68.1 Å². The van der Waals surface area contributed by atoms with Gasteiger partial charge < -0.3 is 49.4 Å². The molecule has 2 aromatic carbocycles. The molecule has 3 aliphatic carbocycles. The lowest BCUT2D eigenvalue weighted by Crippen LogP contribution is -2.81. The topological polar surface area (TPSA) is 224 Å². The number of rotatable bonds is 20. The van der Waals surface area contributed by atoms with Crippen molar-refractivity contribution >= 4 is 29.8 Å². The van der Waals surface area contributed by atoms with E-state index >= 15 is 4.79 Å². The predicted molar refractivity (Wildman–Crippen MR) is 282 cm³/mol. The van der Waals surface area contributed by atoms with Gasteiger partial charge in [0.15, 0.2) is 18.0 Å². The number of ketones is 1. The van der Waals surface area contributed by atoms with Gasteiger partial charge in [-0.1, -0.05) is 130 Å². The lowest BCUT2D eigenvalue weighted by molar-refractivity contribution is -0.343. The van der Waals surface area contributed by atoms with E-state index in [-0.39, 0.29) is 42.6 Å². The van der Waals surface area contributed by atoms with E-state index in [1.54, 1.807) is 90.1 Å². The molecule has 406 valence electrons. The van der Waals surface area contributed by atoms with Crippen molar-refractivity contribution in [2.45, 2.75) is 173 Å². The summed E-state index contributed by atoms with van der Waals surface area (Å²) in [6, 6.07) is 14.7. The van der Waals surface area contributed by atoms with E-state index < -0.39 is 112 Å². The molecule has 2 aromatic rings. The molecule has 2 saturated carbocycles. The summed E-state index contributed by atoms with van der Waals surface area (Å²) in [7, 11) is 0. The first-order chi connectivity index (χ1) is 35.5. The zero-order valence-corrected chi connectivity index (χ0v) is 44.6. The molecule has 0 spiro atoms. The number of carbonyl (C=O) groups is 5. The molecule has 1 amide bonds. The molecular weight excluding hydrogens is 959 g/mol. The van der Waals surface area contributed by atoms with Crippen molar-refractivity contribution in [3.05, 3.63) is 144 Å². The Morgan fingerprint density at radius 3 is 1.92 bits per heavy atom. The number of nitrogens with one attached hydrogen (secondary N) is 1. The maximum Gasteiger partial charge on any atom is 0.408 e. The Labute approximate surface area is 441 Å². The summed E-state index contributed by atoms with van der Waals surface area (Å²) in [6.45, 7) is 12.9. The highest BCUT2D eigenvalue weighted by Gasteiger charge is 2.77. The van der Waals surface area contributed by atoms with E-state index in [1.807, 2.05) is 18.2 Å². The molecule has 2 bridgehead atoms. The van der Waals surface area contributed by atoms with Crippen molar-refractivity contribution in [1.82, 2.24) is 5.32 Å². The van der Waals surface area contributed by atoms with Crippen LogP contribution in [0.15, 0.2) is 133 Å². The molecule has 0 radical (unpaired) electrons. The molecule has 6 rings (SSSR count). The first-order valence-electron chi connectivity index (χ1n) is 26.1. The van der Waals surface area contributed by atoms with Gasteiger partial charge in [-0.2, -0.15) is 0 Å². The van der Waals surface area contributed by atoms with Crippen LogP contribution in [0.3, 0.4) is 0 Å². The van der Waals surface area contributed by atoms with E-state index in [4.69, 9.17) is 23.7 Å². The minimum absolute atomic E-state index is 0.00914. The SMILES string of the molecule is CC/C=C\C/C=C\C/C=C\C/C=C\C/C=C\CCC(=O)OC1C(=O)C2(C)C(O)CC3OCC3(O)C2C(OC(=O)c2ccccc2)C2(O)CC(OC(=O)C(O)C(NC(=O)OC(C)(C)C)c3ccccc3)C(C)=C1C2(C)C. The van der Waals surface area contributed by atoms with Crippen LogP contribution in [0.25, 0.3) is 0 Å². The van der Waals surface area contributed by atoms with Crippen LogP contribution in [-0.2, 0) is 38.1 Å². The molecule has 1 saturated heterocycles. The van der Waals surface area contributed by atoms with E-state index in [0.29, 0.717) is 12.0 Å². The number of hydrogen-bond donors (Lipinski definition) is 5. The van der Waals surface area contributed by atoms with Crippen molar-refractivity contribution in [3.63, 3.8) is 0 Å². The Morgan fingerprint density at radius 1 is 0.813 bits per heavy atom. The first kappa shape index (κ1) is 58.3. The Kier molecular flexibility index (Phi) is 19.3. The average Bonchev–Trinajstić information content (AvgIpc) is 3.36. The summed E-state index contributed by atoms with van der Waals surface area (Å²) in [5, 5.41) is 53.1. The summed E-state index contributed by atoms with van der Waals surface area (Å²) in [4.78, 5) is 71.8. The van der Waals surface area contributed by atoms with Crippen LogP contribution in [0, 0.1) is 16.7 Å². The van der Waals surface area contributed by atoms with Gasteiger partial charge >= 0.3 is 24.0 Å². The zero-order chi connectivity index (χ0) is 54.8. The number of alkyl carbamates (subject to hydrolysis) is 1. The number of amides is 1. The summed E-state index contributed by atoms with van der Waals surface area (Å²) in [6.07, 6.45) is 13.3. The van der Waals surface area contributed by atoms with Gasteiger partial charge in [0.25, 0.3) is 0 Å². The van der Waals surface area contributed by atoms with Gasteiger partial charge in [-0.3, -0.25) is 9.59 Å². The maximum atomic E-state index is 15.8. The number of aliphatic hydroxyl groups excluding tert-OH is 2. The van der Waals surface area contributed by atoms with Gasteiger partial charge in [0.1, 0.15) is 29.0 Å². The quantitative estimate of drug-likeness (QED) is 0.0475. The fourth-order valence-corrected chi connectivity index (χ4v) is 11.0. The van der Waals surface area contributed by atoms with Crippen LogP contribution in [0.5, 0.6) is 0 Å². The maximum absolute atomic E-state index is 15.8. The van der Waals surface area contributed by atoms with Gasteiger partial charge in [-0.25, -0.2) is 14.4 Å². The lowest BCUT2D eigenvalue weighted by Gasteiger charge is -2.66. The van der Waals surface area contributed by atoms with Gasteiger partial charge in [-0.15, -0.1) is 0 Å². The molecule has 1 heterocycles. The number of allylic oxidation sites excluding steroid dienone is 10. The Morgan fingerprint density at radius 2 is 1.37 bits per heavy atom. The van der Waals surface area contributed by atoms with Gasteiger partial charge in [0, 0.05) is 30.6 Å². The number of benzene rings is 2. The van der Waals surface area contributed by atoms with E-state index in [1.165, 1.54) is 19.1 Å². The number of aliphatic hydroxyl groups is 4. The Balaban J connectivity index is 1.35. The van der Waals surface area contributed by atoms with Gasteiger partial charge in [-0.05, 0) is 102 Å². The van der Waals surface area contributed by atoms with Crippen LogP contribution in [-0.4, -0.2) is 110 Å². The van der Waals surface area contributed by atoms with Crippen LogP contribution >= 0.6 is 0 Å². The monoisotopic (exact) mass is 1040 g/mol. The van der Waals surface area contributed by atoms with Gasteiger partial charge in [0.2, 0.25) is 0 Å². The van der Waals surface area contributed by atoms with E-state index in [2.05, 4.69) is 54.8 Å². The highest BCUT2D eigenvalue weighted by atomic mass is 16.6. The second-order valence-corrected chi connectivity index (χ2v) is 21.7. The van der Waals surface area contributed by atoms with E-state index in [0.717, 1.165) is 25.7 Å². The van der Waals surface area contributed by atoms with Crippen LogP contribution in [0.1, 0.15) is 135 Å². The Hall–Kier alpha value is -5.97. The summed E-state index contributed by atoms with van der Waals surface area (Å²) in [5.41, 5.74) is -8.46. The standard InChI is InChI=1S/C60H77NO14/c1-9-10-11-12-13-14-15-16-17-18-19-20-21-22-23-30-35-45(63)73-49-46-39(2)42(72-54(67)48(64)47(40-31-26-24-27-32-40)61-55(68)75-56(3,4)5)37-60(70,57(46,6)7)52(74-53(66)41-33-28-25-29-34-41)50-58(8,51(49)65)43(62)36-44-59(50,69)38-71-44/h10-11,13-14,16-17,19-20,22-29,31-34,42-44,47-50,52,62,64,69-70H,9,12,15,18,21,30,35-38H2,1-8H3,(H,61,68)/b11-10-,14-13-,17-16-,20-19-,23-22-. The molecular formula is C60H77NO14. The van der Waals surface area contributed by atoms with Crippen molar-refractivity contribution in [3.8, 4) is 0 Å². The minimum atomic E-state index is -2.39. The lowest BCUT2D eigenvalue weighted by atomic mass is 9.44. The molecule has 11 unspecified atom stereocenters. The third kappa shape index (κ3) is 13.0. The van der Waals surface area contributed by atoms with Crippen molar-refractivity contribution in [2.24, 2.45) is 16.7 Å². The third-order valence-corrected chi connectivity index (χ3v) is 15.2. The number of ether oxygens (including phenoxy) is 5. The number of carbonyl (C=O) groups excluding carboxylic acids is 5. The Bertz CT molecular complexity index is 2520. The molecule has 4 aliphatic rings. The second-order valence-electron chi connectivity index (χ2n) is 21.7. The number of Topliss-reactive ketones (excluding diaryl/α,β-unsaturated/α-hetero) is 1. The number of esters is 3. The predicted octanol–water partition coefficient (Wildman–Crippen LogP) is 8.77. The van der Waals surface area contributed by atoms with Crippen LogP contribution in [0.2, 0.25) is 0 Å². The molecule has 5 N–H and O–H groups in total. The fraction of sp³-hybridized carbons (Fsp3) is 0.517. The normalized spacial score (nSPS) is 29.3. The smallest absolute Gasteiger partial charge is 0.408 e. The van der Waals surface area contributed by atoms with Crippen LogP contribution in [0.4, 0.5) is 4.79 Å². The highest BCUT2D eigenvalue weighted by molar-refractivity contribution is 5.95. The molecule has 15 heteroatoms. The summed E-state index contributed by atoms with van der Waals surface area (Å²) < 4.78 is 30.0. The molecule has 15 nitrogen and oxygen atoms in total. The molecule has 1 aliphatic heterocycles. The molecule has 0 aromatic heterocycles. The molecule has 11 atom stereocenters. The van der Waals surface area contributed by atoms with E-state index in [9.17, 15) is 39.6 Å². The minimum Gasteiger partial charge on any atom is -0.456 e. The van der Waals surface area contributed by atoms with Crippen molar-refractivity contribution in [2.75, 3.05) is 6.61 Å². The molecule has 75 heavy (non-hydrogen) atoms. The second kappa shape index (κ2) is 24.8. The number of hydrogen-bond acceptors (Lipinski definition) is 14. The molecule has 3 fully saturated rings. The van der Waals surface area contributed by atoms with Crippen LogP contribution < -0.4 is 5.32 Å². The van der Waals surface area contributed by atoms with Gasteiger partial charge in [0.05, 0.1) is 35.8 Å². The summed E-state index contributed by atoms with van der Waals surface area (Å²) >= 11 is 0. The first-order valence-corrected chi connectivity index (χ1v) is 26.1. The fourth-order valence-electron chi connectivity index (χ4n) is 11.0. The summed E-state index contributed by atoms with van der Waals surface area (Å²) in [5.74, 6) is -5.40. The third-order valence-electron chi connectivity index (χ3n) is 15.2. The highest BCUT2D eigenvalue weighted by Crippen LogP contribution is 2.63. The zero-order valence-electron chi connectivity index (χ0n) is 44.6. The number of fused-ring (bicyclic) bond motifs is 5. The largest absolute Gasteiger partial charge is 0.456 e. The average molecular weight is 1040 g/mol. The van der Waals surface area contributed by atoms with Crippen molar-refractivity contribution in [1.29, 1.82) is 0 Å².